The van der Waals surface area contributed by atoms with Gasteiger partial charge in [0.2, 0.25) is 0 Å². The summed E-state index contributed by atoms with van der Waals surface area (Å²) in [5.41, 5.74) is 4.47. The molecule has 810 valence electrons. The Hall–Kier alpha value is -7.84. The minimum Gasteiger partial charge on any atom is -0.491 e. The highest BCUT2D eigenvalue weighted by Crippen LogP contribution is 2.40. The lowest BCUT2D eigenvalue weighted by molar-refractivity contribution is -0.0227. The molecule has 0 unspecified atom stereocenters. The molecule has 0 aliphatic carbocycles. The number of aromatic amines is 2. The monoisotopic (exact) mass is 2040 g/mol. The van der Waals surface area contributed by atoms with Crippen LogP contribution in [0, 0.1) is 0 Å². The molecule has 0 radical (unpaired) electrons. The van der Waals surface area contributed by atoms with Crippen LogP contribution >= 0.6 is 0 Å². The number of rotatable bonds is 100. The summed E-state index contributed by atoms with van der Waals surface area (Å²) < 4.78 is 203. The molecule has 2 N–H and O–H groups in total. The van der Waals surface area contributed by atoms with Gasteiger partial charge in [-0.2, -0.15) is 0 Å². The first kappa shape index (κ1) is 120. The van der Waals surface area contributed by atoms with Crippen molar-refractivity contribution in [1.82, 2.24) is 39.9 Å². The predicted molar refractivity (Wildman–Crippen MR) is 528 cm³/mol. The first-order valence-electron chi connectivity index (χ1n) is 49.6. The average Bonchev–Trinajstić information content (AvgIpc) is 1.59. The van der Waals surface area contributed by atoms with E-state index >= 15 is 0 Å². The predicted octanol–water partition coefficient (Wildman–Crippen LogP) is 7.43. The van der Waals surface area contributed by atoms with Gasteiger partial charge in [0.25, 0.3) is 0 Å². The minimum atomic E-state index is 0.233. The van der Waals surface area contributed by atoms with E-state index in [1.54, 1.807) is 28.4 Å². The van der Waals surface area contributed by atoms with Gasteiger partial charge in [-0.05, 0) is 72.8 Å². The van der Waals surface area contributed by atoms with Crippen molar-refractivity contribution in [3.8, 4) is 68.5 Å². The van der Waals surface area contributed by atoms with Gasteiger partial charge in [-0.25, -0.2) is 29.9 Å². The van der Waals surface area contributed by atoms with E-state index in [9.17, 15) is 0 Å². The Labute approximate surface area is 843 Å². The van der Waals surface area contributed by atoms with E-state index in [2.05, 4.69) is 9.97 Å². The maximum absolute atomic E-state index is 6.39. The molecule has 2 aliphatic rings. The summed E-state index contributed by atoms with van der Waals surface area (Å²) in [5.74, 6) is 3.65. The third kappa shape index (κ3) is 52.8. The van der Waals surface area contributed by atoms with Gasteiger partial charge < -0.3 is 180 Å². The van der Waals surface area contributed by atoms with E-state index < -0.39 is 0 Å². The van der Waals surface area contributed by atoms with Gasteiger partial charge in [-0.3, -0.25) is 0 Å². The summed E-state index contributed by atoms with van der Waals surface area (Å²) >= 11 is 0. The highest BCUT2D eigenvalue weighted by Gasteiger charge is 2.25. The topological polar surface area (TPSA) is 441 Å². The van der Waals surface area contributed by atoms with Crippen molar-refractivity contribution in [3.63, 3.8) is 0 Å². The minimum absolute atomic E-state index is 0.233. The standard InChI is InChI=1S/C100H154N8O36/c1-109-13-17-113-21-25-117-29-33-121-37-41-125-45-49-129-53-57-133-61-65-137-69-73-141-81-5-9-85-89(77-81)97-102-93(85)101-94-86-10-6-82(142-74-70-138-66-62-134-58-54-130-50-46-126-42-38-122-34-30-118-26-22-114-18-14-110-2)78-90(86)98(103-94)105-96-88-12-8-84(144-76-72-140-68-64-136-60-56-132-52-48-128-44-40-124-36-32-120-28-24-116-20-16-112-4)80-92(88)100(107-96)108-99-91-79-83(7-11-87(91)95(104-97)106-99)143-75-71-139-67-63-135-59-55-131-51-47-127-43-39-123-35-31-119-27-23-115-19-15-111-3/h5-12,77-80H,13-76H2,1-4H3,(H2,101,102,103,104,105,106,107,108). The zero-order valence-electron chi connectivity index (χ0n) is 84.6. The fourth-order valence-electron chi connectivity index (χ4n) is 13.2. The van der Waals surface area contributed by atoms with Crippen LogP contribution in [-0.2, 0) is 152 Å². The molecule has 0 spiro atoms. The Morgan fingerprint density at radius 1 is 0.146 bits per heavy atom. The Morgan fingerprint density at radius 2 is 0.292 bits per heavy atom. The van der Waals surface area contributed by atoms with E-state index in [0.29, 0.717) is 490 Å². The molecule has 5 heterocycles. The molecule has 0 atom stereocenters. The van der Waals surface area contributed by atoms with Crippen molar-refractivity contribution in [3.05, 3.63) is 72.8 Å². The molecule has 2 aliphatic heterocycles. The SMILES string of the molecule is COCCOCCOCCOCCOCCOCCOCCOCCOc1ccc2c(c1)-c1nc-2nc2[nH]c(nc3nc(nc4[nH]c(n1)c1ccc(OCCOCCOCCOCCOCCOCCOCCOCCOC)cc41)-c1cc(OCCOCCOCCOCCOCCOCCOCCOCCOC)ccc1-3)c1cc(OCCOCCOCCOCCOCCOCCOCCOCCOC)ccc21. The van der Waals surface area contributed by atoms with Crippen LogP contribution in [0.1, 0.15) is 0 Å². The molecule has 0 amide bonds. The molecule has 8 bridgehead atoms. The van der Waals surface area contributed by atoms with E-state index in [1.165, 1.54) is 0 Å². The second kappa shape index (κ2) is 82.1. The molecular formula is C100H154N8O36. The second-order valence-corrected chi connectivity index (χ2v) is 31.0. The number of ether oxygens (including phenoxy) is 36. The van der Waals surface area contributed by atoms with Gasteiger partial charge in [-0.15, -0.1) is 0 Å². The zero-order chi connectivity index (χ0) is 100. The van der Waals surface area contributed by atoms with Gasteiger partial charge >= 0.3 is 0 Å². The van der Waals surface area contributed by atoms with Gasteiger partial charge in [-0.1, -0.05) is 0 Å². The molecule has 0 fully saturated rings. The van der Waals surface area contributed by atoms with E-state index in [-0.39, 0.29) is 39.6 Å². The Balaban J connectivity index is 0.829. The number of methoxy groups -OCH3 is 4. The lowest BCUT2D eigenvalue weighted by atomic mass is 10.1. The molecule has 0 saturated heterocycles. The fraction of sp³-hybridized carbons (Fsp3) is 0.680. The lowest BCUT2D eigenvalue weighted by Crippen LogP contribution is -2.15. The lowest BCUT2D eigenvalue weighted by Gasteiger charge is -2.09. The van der Waals surface area contributed by atoms with Gasteiger partial charge in [0, 0.05) is 72.2 Å². The van der Waals surface area contributed by atoms with Crippen molar-refractivity contribution in [1.29, 1.82) is 0 Å². The van der Waals surface area contributed by atoms with Crippen LogP contribution in [0.25, 0.3) is 89.7 Å². The number of fused-ring (bicyclic) bond motifs is 20. The molecular weight excluding hydrogens is 1890 g/mol. The molecule has 9 rings (SSSR count). The summed E-state index contributed by atoms with van der Waals surface area (Å²) in [4.78, 5) is 38.9. The second-order valence-electron chi connectivity index (χ2n) is 31.0. The fourth-order valence-corrected chi connectivity index (χ4v) is 13.2. The van der Waals surface area contributed by atoms with Gasteiger partial charge in [0.05, 0.1) is 396 Å². The third-order valence-electron chi connectivity index (χ3n) is 20.4. The highest BCUT2D eigenvalue weighted by atomic mass is 16.6. The number of H-pyrrole nitrogens is 2. The summed E-state index contributed by atoms with van der Waals surface area (Å²) in [6.07, 6.45) is 0. The third-order valence-corrected chi connectivity index (χ3v) is 20.4. The van der Waals surface area contributed by atoms with Crippen molar-refractivity contribution < 1.29 is 171 Å². The quantitative estimate of drug-likeness (QED) is 0.0350. The van der Waals surface area contributed by atoms with Crippen molar-refractivity contribution >= 4 is 44.1 Å². The van der Waals surface area contributed by atoms with Crippen molar-refractivity contribution in [2.75, 3.05) is 451 Å². The van der Waals surface area contributed by atoms with Crippen LogP contribution in [0.5, 0.6) is 23.0 Å². The van der Waals surface area contributed by atoms with Crippen LogP contribution in [0.3, 0.4) is 0 Å². The maximum atomic E-state index is 6.39. The number of nitrogens with zero attached hydrogens (tertiary/aromatic N) is 6. The normalized spacial score (nSPS) is 11.9. The van der Waals surface area contributed by atoms with Crippen LogP contribution < -0.4 is 18.9 Å². The highest BCUT2D eigenvalue weighted by molar-refractivity contribution is 6.07. The zero-order valence-corrected chi connectivity index (χ0v) is 84.6. The van der Waals surface area contributed by atoms with Crippen LogP contribution in [0.2, 0.25) is 0 Å². The smallest absolute Gasteiger partial charge is 0.164 e. The number of nitrogens with one attached hydrogen (secondary N) is 2. The van der Waals surface area contributed by atoms with E-state index in [4.69, 9.17) is 200 Å². The van der Waals surface area contributed by atoms with Gasteiger partial charge in [0.15, 0.2) is 23.3 Å². The summed E-state index contributed by atoms with van der Waals surface area (Å²) in [6, 6.07) is 22.9. The van der Waals surface area contributed by atoms with Crippen molar-refractivity contribution in [2.24, 2.45) is 0 Å². The van der Waals surface area contributed by atoms with Gasteiger partial charge in [0.1, 0.15) is 72.0 Å². The first-order valence-corrected chi connectivity index (χ1v) is 49.6. The summed E-state index contributed by atoms with van der Waals surface area (Å²) in [7, 11) is 6.56. The number of hydrogen-bond donors (Lipinski definition) is 2. The van der Waals surface area contributed by atoms with Crippen LogP contribution in [0.4, 0.5) is 0 Å². The van der Waals surface area contributed by atoms with E-state index in [0.717, 1.165) is 5.39 Å². The molecule has 3 aromatic heterocycles. The molecule has 44 heteroatoms. The Kier molecular flexibility index (Phi) is 68.2. The van der Waals surface area contributed by atoms with E-state index in [1.807, 2.05) is 72.8 Å². The molecule has 44 nitrogen and oxygen atoms in total. The maximum Gasteiger partial charge on any atom is 0.164 e. The number of hydrogen-bond acceptors (Lipinski definition) is 42. The number of aromatic nitrogens is 8. The Morgan fingerprint density at radius 3 is 0.472 bits per heavy atom. The average molecular weight is 2040 g/mol. The molecule has 0 saturated carbocycles. The summed E-state index contributed by atoms with van der Waals surface area (Å²) in [5, 5.41) is 2.80. The molecule has 4 aromatic carbocycles. The van der Waals surface area contributed by atoms with Crippen LogP contribution in [0.15, 0.2) is 72.8 Å². The first-order chi connectivity index (χ1) is 71.5. The Bertz CT molecular complexity index is 4540. The summed E-state index contributed by atoms with van der Waals surface area (Å²) in [6.45, 7) is 27.7. The number of benzene rings is 4. The largest absolute Gasteiger partial charge is 0.491 e. The van der Waals surface area contributed by atoms with Crippen LogP contribution in [-0.4, -0.2) is 491 Å². The molecule has 7 aromatic rings. The molecule has 144 heavy (non-hydrogen) atoms. The van der Waals surface area contributed by atoms with Crippen molar-refractivity contribution in [2.45, 2.75) is 0 Å².